The van der Waals surface area contributed by atoms with Crippen molar-refractivity contribution in [3.8, 4) is 0 Å². The monoisotopic (exact) mass is 273 g/mol. The fraction of sp³-hybridized carbons (Fsp3) is 0.818. The van der Waals surface area contributed by atoms with Crippen LogP contribution in [0.25, 0.3) is 0 Å². The smallest absolute Gasteiger partial charge is 0.219 e. The molecular formula is C11H23N5OS. The molecule has 0 fully saturated rings. The molecule has 0 saturated heterocycles. The third-order valence-corrected chi connectivity index (χ3v) is 3.81. The molecule has 3 N–H and O–H groups in total. The first-order valence-corrected chi connectivity index (χ1v) is 7.08. The summed E-state index contributed by atoms with van der Waals surface area (Å²) in [6.07, 6.45) is 2.25. The van der Waals surface area contributed by atoms with Gasteiger partial charge in [-0.1, -0.05) is 25.2 Å². The number of nitrogen functional groups attached to an aromatic ring is 1. The number of nitrogens with zero attached hydrogens (tertiary/aromatic N) is 3. The number of ether oxygens (including phenoxy) is 1. The number of hydrogen-bond donors (Lipinski definition) is 2. The first-order valence-electron chi connectivity index (χ1n) is 6.27. The summed E-state index contributed by atoms with van der Waals surface area (Å²) in [7, 11) is 1.73. The number of hydrogen-bond acceptors (Lipinski definition) is 7. The van der Waals surface area contributed by atoms with E-state index in [9.17, 15) is 0 Å². The third kappa shape index (κ3) is 4.49. The van der Waals surface area contributed by atoms with Gasteiger partial charge in [0.1, 0.15) is 5.01 Å². The molecule has 18 heavy (non-hydrogen) atoms. The molecule has 104 valence electrons. The van der Waals surface area contributed by atoms with Crippen LogP contribution >= 0.6 is 11.3 Å². The Balaban J connectivity index is 2.64. The van der Waals surface area contributed by atoms with Gasteiger partial charge in [-0.3, -0.25) is 10.3 Å². The SMILES string of the molecule is CCC(CC)N(CCOC)Cc1nnc(NN)s1. The molecular weight excluding hydrogens is 250 g/mol. The Hall–Kier alpha value is -0.760. The van der Waals surface area contributed by atoms with Crippen molar-refractivity contribution in [2.45, 2.75) is 39.3 Å². The summed E-state index contributed by atoms with van der Waals surface area (Å²) in [6, 6.07) is 0.554. The molecule has 0 aliphatic heterocycles. The van der Waals surface area contributed by atoms with Crippen LogP contribution in [0.2, 0.25) is 0 Å². The molecule has 0 spiro atoms. The van der Waals surface area contributed by atoms with E-state index in [2.05, 4.69) is 34.4 Å². The Morgan fingerprint density at radius 2 is 2.11 bits per heavy atom. The van der Waals surface area contributed by atoms with Gasteiger partial charge in [0, 0.05) is 19.7 Å². The summed E-state index contributed by atoms with van der Waals surface area (Å²) >= 11 is 1.49. The van der Waals surface area contributed by atoms with Crippen LogP contribution in [0.3, 0.4) is 0 Å². The minimum absolute atomic E-state index is 0.554. The minimum atomic E-state index is 0.554. The normalized spacial score (nSPS) is 11.4. The quantitative estimate of drug-likeness (QED) is 0.524. The lowest BCUT2D eigenvalue weighted by molar-refractivity contribution is 0.110. The molecule has 0 bridgehead atoms. The molecule has 0 aliphatic carbocycles. The summed E-state index contributed by atoms with van der Waals surface area (Å²) in [4.78, 5) is 2.39. The molecule has 0 unspecified atom stereocenters. The Morgan fingerprint density at radius 3 is 2.61 bits per heavy atom. The number of methoxy groups -OCH3 is 1. The van der Waals surface area contributed by atoms with Crippen LogP contribution in [0, 0.1) is 0 Å². The topological polar surface area (TPSA) is 76.3 Å². The Bertz CT molecular complexity index is 329. The summed E-state index contributed by atoms with van der Waals surface area (Å²) < 4.78 is 5.17. The van der Waals surface area contributed by atoms with Gasteiger partial charge < -0.3 is 4.74 Å². The fourth-order valence-corrected chi connectivity index (χ4v) is 2.63. The standard InChI is InChI=1S/C11H23N5OS/c1-4-9(5-2)16(6-7-17-3)8-10-14-15-11(13-12)18-10/h9H,4-8,12H2,1-3H3,(H,13,15). The Labute approximate surface area is 112 Å². The molecule has 7 heteroatoms. The number of nitrogens with two attached hydrogens (primary N) is 1. The van der Waals surface area contributed by atoms with E-state index in [-0.39, 0.29) is 0 Å². The second-order valence-electron chi connectivity index (χ2n) is 4.08. The number of anilines is 1. The van der Waals surface area contributed by atoms with E-state index in [0.29, 0.717) is 11.2 Å². The van der Waals surface area contributed by atoms with Gasteiger partial charge in [-0.25, -0.2) is 5.84 Å². The maximum Gasteiger partial charge on any atom is 0.219 e. The van der Waals surface area contributed by atoms with Crippen molar-refractivity contribution in [1.82, 2.24) is 15.1 Å². The fourth-order valence-electron chi connectivity index (χ4n) is 1.95. The minimum Gasteiger partial charge on any atom is -0.383 e. The predicted octanol–water partition coefficient (Wildman–Crippen LogP) is 1.46. The van der Waals surface area contributed by atoms with Crippen molar-refractivity contribution < 1.29 is 4.74 Å². The molecule has 0 amide bonds. The molecule has 6 nitrogen and oxygen atoms in total. The number of aromatic nitrogens is 2. The largest absolute Gasteiger partial charge is 0.383 e. The molecule has 0 saturated carbocycles. The zero-order valence-electron chi connectivity index (χ0n) is 11.3. The van der Waals surface area contributed by atoms with Crippen molar-refractivity contribution in [3.05, 3.63) is 5.01 Å². The lowest BCUT2D eigenvalue weighted by Gasteiger charge is -2.29. The average Bonchev–Trinajstić information content (AvgIpc) is 2.84. The lowest BCUT2D eigenvalue weighted by atomic mass is 10.1. The van der Waals surface area contributed by atoms with Crippen LogP contribution in [0.15, 0.2) is 0 Å². The highest BCUT2D eigenvalue weighted by Crippen LogP contribution is 2.18. The van der Waals surface area contributed by atoms with Crippen molar-refractivity contribution in [1.29, 1.82) is 0 Å². The van der Waals surface area contributed by atoms with E-state index in [1.165, 1.54) is 11.3 Å². The highest BCUT2D eigenvalue weighted by Gasteiger charge is 2.17. The Morgan fingerprint density at radius 1 is 1.39 bits per heavy atom. The van der Waals surface area contributed by atoms with E-state index >= 15 is 0 Å². The average molecular weight is 273 g/mol. The third-order valence-electron chi connectivity index (χ3n) is 2.97. The van der Waals surface area contributed by atoms with E-state index in [1.54, 1.807) is 7.11 Å². The molecule has 1 heterocycles. The van der Waals surface area contributed by atoms with Crippen LogP contribution in [-0.4, -0.2) is 41.4 Å². The zero-order valence-corrected chi connectivity index (χ0v) is 12.2. The van der Waals surface area contributed by atoms with Crippen LogP contribution in [0.5, 0.6) is 0 Å². The van der Waals surface area contributed by atoms with Gasteiger partial charge in [0.05, 0.1) is 13.2 Å². The summed E-state index contributed by atoms with van der Waals surface area (Å²) in [5, 5.41) is 9.71. The van der Waals surface area contributed by atoms with Gasteiger partial charge in [-0.05, 0) is 12.8 Å². The van der Waals surface area contributed by atoms with Gasteiger partial charge in [0.25, 0.3) is 0 Å². The molecule has 1 aromatic rings. The van der Waals surface area contributed by atoms with Crippen molar-refractivity contribution in [2.75, 3.05) is 25.7 Å². The molecule has 1 aromatic heterocycles. The summed E-state index contributed by atoms with van der Waals surface area (Å²) in [5.74, 6) is 5.31. The van der Waals surface area contributed by atoms with Crippen LogP contribution in [0.1, 0.15) is 31.7 Å². The van der Waals surface area contributed by atoms with Gasteiger partial charge in [0.15, 0.2) is 0 Å². The number of nitrogens with one attached hydrogen (secondary N) is 1. The highest BCUT2D eigenvalue weighted by atomic mass is 32.1. The van der Waals surface area contributed by atoms with Crippen molar-refractivity contribution >= 4 is 16.5 Å². The van der Waals surface area contributed by atoms with E-state index in [4.69, 9.17) is 10.6 Å². The second-order valence-corrected chi connectivity index (χ2v) is 5.14. The van der Waals surface area contributed by atoms with E-state index in [0.717, 1.165) is 37.5 Å². The first kappa shape index (κ1) is 15.3. The molecule has 0 radical (unpaired) electrons. The highest BCUT2D eigenvalue weighted by molar-refractivity contribution is 7.15. The number of hydrazine groups is 1. The zero-order chi connectivity index (χ0) is 13.4. The summed E-state index contributed by atoms with van der Waals surface area (Å²) in [6.45, 7) is 6.86. The second kappa shape index (κ2) is 8.36. The Kier molecular flexibility index (Phi) is 7.11. The first-order chi connectivity index (χ1) is 8.74. The van der Waals surface area contributed by atoms with Crippen LogP contribution in [0.4, 0.5) is 5.13 Å². The van der Waals surface area contributed by atoms with E-state index < -0.39 is 0 Å². The lowest BCUT2D eigenvalue weighted by Crippen LogP contribution is -2.36. The van der Waals surface area contributed by atoms with E-state index in [1.807, 2.05) is 0 Å². The molecule has 0 atom stereocenters. The maximum absolute atomic E-state index is 5.31. The van der Waals surface area contributed by atoms with Gasteiger partial charge in [0.2, 0.25) is 5.13 Å². The molecule has 1 rings (SSSR count). The van der Waals surface area contributed by atoms with Gasteiger partial charge >= 0.3 is 0 Å². The van der Waals surface area contributed by atoms with Crippen molar-refractivity contribution in [3.63, 3.8) is 0 Å². The molecule has 0 aromatic carbocycles. The predicted molar refractivity (Wildman–Crippen MR) is 74.4 cm³/mol. The summed E-state index contributed by atoms with van der Waals surface area (Å²) in [5.41, 5.74) is 2.52. The molecule has 0 aliphatic rings. The van der Waals surface area contributed by atoms with Crippen LogP contribution < -0.4 is 11.3 Å². The van der Waals surface area contributed by atoms with Crippen molar-refractivity contribution in [2.24, 2.45) is 5.84 Å². The van der Waals surface area contributed by atoms with Crippen LogP contribution in [-0.2, 0) is 11.3 Å². The maximum atomic E-state index is 5.31. The number of rotatable bonds is 9. The van der Waals surface area contributed by atoms with Gasteiger partial charge in [-0.15, -0.1) is 10.2 Å². The van der Waals surface area contributed by atoms with Gasteiger partial charge in [-0.2, -0.15) is 0 Å².